The van der Waals surface area contributed by atoms with Crippen LogP contribution in [-0.2, 0) is 6.54 Å². The number of hydrogen-bond acceptors (Lipinski definition) is 3. The number of amides is 2. The third kappa shape index (κ3) is 3.85. The molecule has 6 nitrogen and oxygen atoms in total. The second-order valence-electron chi connectivity index (χ2n) is 8.39. The second-order valence-corrected chi connectivity index (χ2v) is 8.39. The fraction of sp³-hybridized carbons (Fsp3) is 0.231. The number of benzene rings is 3. The van der Waals surface area contributed by atoms with Crippen LogP contribution < -0.4 is 16.4 Å². The smallest absolute Gasteiger partial charge is 0.268 e. The van der Waals surface area contributed by atoms with Crippen molar-refractivity contribution in [3.8, 4) is 0 Å². The van der Waals surface area contributed by atoms with E-state index in [1.807, 2.05) is 34.9 Å². The van der Waals surface area contributed by atoms with Crippen LogP contribution in [0, 0.1) is 0 Å². The van der Waals surface area contributed by atoms with E-state index < -0.39 is 5.91 Å². The number of rotatable bonds is 5. The summed E-state index contributed by atoms with van der Waals surface area (Å²) in [6, 6.07) is 21.8. The average molecular weight is 427 g/mol. The number of aromatic nitrogens is 1. The van der Waals surface area contributed by atoms with Crippen molar-refractivity contribution in [2.45, 2.75) is 25.4 Å². The van der Waals surface area contributed by atoms with Crippen LogP contribution in [0.2, 0.25) is 0 Å². The highest BCUT2D eigenvalue weighted by atomic mass is 16.2. The molecule has 6 heteroatoms. The molecule has 0 unspecified atom stereocenters. The van der Waals surface area contributed by atoms with Crippen molar-refractivity contribution in [3.05, 3.63) is 83.6 Å². The van der Waals surface area contributed by atoms with Crippen LogP contribution in [0.4, 0.5) is 0 Å². The minimum absolute atomic E-state index is 0.0889. The molecule has 0 spiro atoms. The molecule has 3 aromatic carbocycles. The van der Waals surface area contributed by atoms with Gasteiger partial charge in [0.15, 0.2) is 0 Å². The van der Waals surface area contributed by atoms with Crippen molar-refractivity contribution < 1.29 is 9.59 Å². The van der Waals surface area contributed by atoms with E-state index in [4.69, 9.17) is 5.73 Å². The quantitative estimate of drug-likeness (QED) is 0.457. The first-order chi connectivity index (χ1) is 15.6. The highest BCUT2D eigenvalue weighted by Gasteiger charge is 2.21. The summed E-state index contributed by atoms with van der Waals surface area (Å²) in [4.78, 5) is 25.2. The number of piperidine rings is 1. The molecule has 2 heterocycles. The Balaban J connectivity index is 1.60. The van der Waals surface area contributed by atoms with Gasteiger partial charge >= 0.3 is 0 Å². The van der Waals surface area contributed by atoms with Gasteiger partial charge in [-0.3, -0.25) is 9.59 Å². The Kier molecular flexibility index (Phi) is 5.37. The van der Waals surface area contributed by atoms with E-state index in [2.05, 4.69) is 34.9 Å². The lowest BCUT2D eigenvalue weighted by molar-refractivity contribution is 0.0920. The fourth-order valence-electron chi connectivity index (χ4n) is 4.59. The van der Waals surface area contributed by atoms with Crippen molar-refractivity contribution in [2.24, 2.45) is 5.73 Å². The predicted molar refractivity (Wildman–Crippen MR) is 127 cm³/mol. The molecule has 1 aliphatic rings. The monoisotopic (exact) mass is 426 g/mol. The van der Waals surface area contributed by atoms with E-state index in [9.17, 15) is 9.59 Å². The zero-order valence-corrected chi connectivity index (χ0v) is 17.8. The molecule has 0 radical (unpaired) electrons. The topological polar surface area (TPSA) is 89.2 Å². The van der Waals surface area contributed by atoms with Crippen LogP contribution in [0.25, 0.3) is 21.7 Å². The summed E-state index contributed by atoms with van der Waals surface area (Å²) in [5, 5.41) is 9.74. The van der Waals surface area contributed by atoms with Gasteiger partial charge in [0.25, 0.3) is 5.91 Å². The maximum Gasteiger partial charge on any atom is 0.268 e. The lowest BCUT2D eigenvalue weighted by Crippen LogP contribution is -2.43. The van der Waals surface area contributed by atoms with E-state index >= 15 is 0 Å². The molecule has 162 valence electrons. The minimum Gasteiger partial charge on any atom is -0.366 e. The number of fused-ring (bicyclic) bond motifs is 2. The first-order valence-corrected chi connectivity index (χ1v) is 11.0. The van der Waals surface area contributed by atoms with Gasteiger partial charge in [-0.1, -0.05) is 48.5 Å². The van der Waals surface area contributed by atoms with Gasteiger partial charge in [0.1, 0.15) is 5.69 Å². The lowest BCUT2D eigenvalue weighted by Gasteiger charge is -2.24. The van der Waals surface area contributed by atoms with Crippen LogP contribution >= 0.6 is 0 Å². The van der Waals surface area contributed by atoms with Gasteiger partial charge in [0, 0.05) is 29.1 Å². The Morgan fingerprint density at radius 1 is 0.969 bits per heavy atom. The third-order valence-electron chi connectivity index (χ3n) is 6.30. The average Bonchev–Trinajstić information content (AvgIpc) is 3.18. The van der Waals surface area contributed by atoms with Gasteiger partial charge in [0.2, 0.25) is 5.91 Å². The zero-order valence-electron chi connectivity index (χ0n) is 17.8. The standard InChI is InChI=1S/C26H26N4O2/c27-25(31)19-9-8-18-14-24(26(32)29-21-10-12-28-13-11-21)30(23(18)15-19)16-20-6-3-5-17-4-1-2-7-22(17)20/h1-9,14-15,21,28H,10-13,16H2,(H2,27,31)(H,29,32). The van der Waals surface area contributed by atoms with E-state index in [1.165, 1.54) is 0 Å². The number of hydrogen-bond donors (Lipinski definition) is 3. The van der Waals surface area contributed by atoms with Gasteiger partial charge < -0.3 is 20.9 Å². The Bertz CT molecular complexity index is 1310. The first kappa shape index (κ1) is 20.3. The second kappa shape index (κ2) is 8.48. The number of carbonyl (C=O) groups is 2. The zero-order chi connectivity index (χ0) is 22.1. The van der Waals surface area contributed by atoms with E-state index in [0.29, 0.717) is 17.8 Å². The molecule has 0 bridgehead atoms. The lowest BCUT2D eigenvalue weighted by atomic mass is 10.0. The summed E-state index contributed by atoms with van der Waals surface area (Å²) in [5.41, 5.74) is 8.50. The summed E-state index contributed by atoms with van der Waals surface area (Å²) in [6.45, 7) is 2.33. The molecular formula is C26H26N4O2. The Morgan fingerprint density at radius 3 is 2.56 bits per heavy atom. The minimum atomic E-state index is -0.481. The van der Waals surface area contributed by atoms with Crippen LogP contribution in [0.15, 0.2) is 66.7 Å². The molecule has 4 N–H and O–H groups in total. The Hall–Kier alpha value is -3.64. The molecule has 1 aliphatic heterocycles. The van der Waals surface area contributed by atoms with Gasteiger partial charge in [-0.05, 0) is 60.5 Å². The van der Waals surface area contributed by atoms with Crippen molar-refractivity contribution in [3.63, 3.8) is 0 Å². The van der Waals surface area contributed by atoms with E-state index in [-0.39, 0.29) is 11.9 Å². The highest BCUT2D eigenvalue weighted by molar-refractivity contribution is 6.02. The molecule has 1 saturated heterocycles. The fourth-order valence-corrected chi connectivity index (χ4v) is 4.59. The summed E-state index contributed by atoms with van der Waals surface area (Å²) in [6.07, 6.45) is 1.84. The molecule has 0 aliphatic carbocycles. The van der Waals surface area contributed by atoms with Crippen molar-refractivity contribution >= 4 is 33.5 Å². The van der Waals surface area contributed by atoms with Gasteiger partial charge in [-0.25, -0.2) is 0 Å². The van der Waals surface area contributed by atoms with E-state index in [0.717, 1.165) is 53.2 Å². The number of nitrogens with zero attached hydrogens (tertiary/aromatic N) is 1. The third-order valence-corrected chi connectivity index (χ3v) is 6.30. The Morgan fingerprint density at radius 2 is 1.75 bits per heavy atom. The number of nitrogens with one attached hydrogen (secondary N) is 2. The normalized spacial score (nSPS) is 14.6. The molecular weight excluding hydrogens is 400 g/mol. The number of primary amides is 1. The number of carbonyl (C=O) groups excluding carboxylic acids is 2. The maximum absolute atomic E-state index is 13.3. The summed E-state index contributed by atoms with van der Waals surface area (Å²) < 4.78 is 2.00. The molecule has 32 heavy (non-hydrogen) atoms. The number of nitrogens with two attached hydrogens (primary N) is 1. The van der Waals surface area contributed by atoms with Crippen LogP contribution in [0.5, 0.6) is 0 Å². The van der Waals surface area contributed by atoms with Gasteiger partial charge in [-0.2, -0.15) is 0 Å². The van der Waals surface area contributed by atoms with Gasteiger partial charge in [-0.15, -0.1) is 0 Å². The predicted octanol–water partition coefficient (Wildman–Crippen LogP) is 3.42. The summed E-state index contributed by atoms with van der Waals surface area (Å²) in [7, 11) is 0. The summed E-state index contributed by atoms with van der Waals surface area (Å²) >= 11 is 0. The Labute approximate surface area is 186 Å². The molecule has 0 saturated carbocycles. The van der Waals surface area contributed by atoms with Crippen molar-refractivity contribution in [2.75, 3.05) is 13.1 Å². The van der Waals surface area contributed by atoms with Gasteiger partial charge in [0.05, 0.1) is 0 Å². The maximum atomic E-state index is 13.3. The van der Waals surface area contributed by atoms with Crippen molar-refractivity contribution in [1.29, 1.82) is 0 Å². The molecule has 0 atom stereocenters. The van der Waals surface area contributed by atoms with Crippen LogP contribution in [0.1, 0.15) is 39.3 Å². The molecule has 1 aromatic heterocycles. The largest absolute Gasteiger partial charge is 0.366 e. The molecule has 1 fully saturated rings. The molecule has 4 aromatic rings. The van der Waals surface area contributed by atoms with Crippen molar-refractivity contribution in [1.82, 2.24) is 15.2 Å². The van der Waals surface area contributed by atoms with Crippen LogP contribution in [-0.4, -0.2) is 35.5 Å². The van der Waals surface area contributed by atoms with Crippen LogP contribution in [0.3, 0.4) is 0 Å². The highest BCUT2D eigenvalue weighted by Crippen LogP contribution is 2.26. The molecule has 5 rings (SSSR count). The van der Waals surface area contributed by atoms with E-state index in [1.54, 1.807) is 12.1 Å². The SMILES string of the molecule is NC(=O)c1ccc2cc(C(=O)NC3CCNCC3)n(Cc3cccc4ccccc34)c2c1. The molecule has 2 amide bonds. The summed E-state index contributed by atoms with van der Waals surface area (Å²) in [5.74, 6) is -0.570. The first-order valence-electron chi connectivity index (χ1n) is 11.0.